The monoisotopic (exact) mass is 296 g/mol. The molecule has 4 atom stereocenters. The van der Waals surface area contributed by atoms with Gasteiger partial charge in [-0.2, -0.15) is 0 Å². The number of unbranched alkanes of at least 4 members (excludes halogenated alkanes) is 1. The molecule has 1 saturated carbocycles. The molecule has 3 fully saturated rings. The van der Waals surface area contributed by atoms with Gasteiger partial charge in [0, 0.05) is 30.0 Å². The summed E-state index contributed by atoms with van der Waals surface area (Å²) in [5, 5.41) is 13.1. The van der Waals surface area contributed by atoms with Crippen molar-refractivity contribution in [2.45, 2.75) is 64.1 Å². The van der Waals surface area contributed by atoms with Crippen molar-refractivity contribution >= 4 is 0 Å². The fraction of sp³-hybridized carbons (Fsp3) is 1.00. The van der Waals surface area contributed by atoms with E-state index in [1.165, 1.54) is 38.6 Å². The molecule has 21 heavy (non-hydrogen) atoms. The van der Waals surface area contributed by atoms with Gasteiger partial charge in [-0.25, -0.2) is 0 Å². The average molecular weight is 296 g/mol. The summed E-state index contributed by atoms with van der Waals surface area (Å²) in [5.74, 6) is 0.748. The van der Waals surface area contributed by atoms with E-state index in [2.05, 4.69) is 24.1 Å². The molecular formula is C17H32N2O2. The fourth-order valence-electron chi connectivity index (χ4n) is 4.83. The Hall–Kier alpha value is -0.160. The summed E-state index contributed by atoms with van der Waals surface area (Å²) in [7, 11) is 0. The highest BCUT2D eigenvalue weighted by atomic mass is 16.5. The third-order valence-corrected chi connectivity index (χ3v) is 6.05. The number of fused-ring (bicyclic) bond motifs is 1. The molecular weight excluding hydrogens is 264 g/mol. The van der Waals surface area contributed by atoms with Crippen LogP contribution in [-0.2, 0) is 4.74 Å². The first-order chi connectivity index (χ1) is 10.1. The van der Waals surface area contributed by atoms with Crippen LogP contribution in [0, 0.1) is 11.3 Å². The molecule has 0 amide bonds. The summed E-state index contributed by atoms with van der Waals surface area (Å²) in [4.78, 5) is 2.47. The average Bonchev–Trinajstić information content (AvgIpc) is 3.09. The van der Waals surface area contributed by atoms with Gasteiger partial charge < -0.3 is 15.2 Å². The summed E-state index contributed by atoms with van der Waals surface area (Å²) in [6.07, 6.45) is 6.62. The maximum atomic E-state index is 9.33. The van der Waals surface area contributed by atoms with E-state index in [1.807, 2.05) is 0 Å². The Morgan fingerprint density at radius 1 is 1.29 bits per heavy atom. The number of hydrogen-bond donors (Lipinski definition) is 2. The molecule has 2 aliphatic heterocycles. The first-order valence-corrected chi connectivity index (χ1v) is 8.84. The molecule has 0 aromatic rings. The number of aliphatic hydroxyl groups is 1. The van der Waals surface area contributed by atoms with Gasteiger partial charge in [-0.3, -0.25) is 4.90 Å². The highest BCUT2D eigenvalue weighted by Gasteiger charge is 2.58. The van der Waals surface area contributed by atoms with E-state index in [9.17, 15) is 5.11 Å². The molecule has 0 aromatic carbocycles. The molecule has 4 heteroatoms. The van der Waals surface area contributed by atoms with Crippen LogP contribution in [0.5, 0.6) is 0 Å². The molecule has 0 spiro atoms. The van der Waals surface area contributed by atoms with Gasteiger partial charge in [0.15, 0.2) is 0 Å². The second kappa shape index (κ2) is 6.53. The van der Waals surface area contributed by atoms with E-state index >= 15 is 0 Å². The first-order valence-electron chi connectivity index (χ1n) is 8.84. The maximum absolute atomic E-state index is 9.33. The van der Waals surface area contributed by atoms with Gasteiger partial charge in [0.05, 0.1) is 12.7 Å². The Bertz CT molecular complexity index is 348. The lowest BCUT2D eigenvalue weighted by molar-refractivity contribution is -0.112. The molecule has 2 saturated heterocycles. The van der Waals surface area contributed by atoms with Gasteiger partial charge in [-0.15, -0.1) is 0 Å². The molecule has 2 heterocycles. The van der Waals surface area contributed by atoms with E-state index in [0.717, 1.165) is 25.6 Å². The van der Waals surface area contributed by atoms with Gasteiger partial charge in [-0.1, -0.05) is 13.8 Å². The zero-order valence-corrected chi connectivity index (χ0v) is 13.7. The normalized spacial score (nSPS) is 38.4. The molecule has 0 aromatic heterocycles. The minimum absolute atomic E-state index is 0.304. The Balaban J connectivity index is 1.32. The van der Waals surface area contributed by atoms with Gasteiger partial charge in [-0.05, 0) is 51.7 Å². The highest BCUT2D eigenvalue weighted by Crippen LogP contribution is 2.52. The zero-order valence-electron chi connectivity index (χ0n) is 13.7. The van der Waals surface area contributed by atoms with Crippen LogP contribution in [0.1, 0.15) is 46.0 Å². The summed E-state index contributed by atoms with van der Waals surface area (Å²) >= 11 is 0. The predicted molar refractivity (Wildman–Crippen MR) is 84.3 cm³/mol. The van der Waals surface area contributed by atoms with E-state index < -0.39 is 0 Å². The van der Waals surface area contributed by atoms with Crippen LogP contribution in [0.25, 0.3) is 0 Å². The van der Waals surface area contributed by atoms with Crippen LogP contribution in [-0.4, -0.2) is 61.0 Å². The van der Waals surface area contributed by atoms with E-state index in [4.69, 9.17) is 4.74 Å². The molecule has 2 N–H and O–H groups in total. The number of nitrogens with one attached hydrogen (secondary N) is 1. The lowest BCUT2D eigenvalue weighted by atomic mass is 9.57. The van der Waals surface area contributed by atoms with Gasteiger partial charge in [0.25, 0.3) is 0 Å². The molecule has 3 aliphatic rings. The minimum atomic E-state index is 0.304. The first kappa shape index (κ1) is 15.7. The third-order valence-electron chi connectivity index (χ3n) is 6.05. The van der Waals surface area contributed by atoms with Crippen LogP contribution in [0.4, 0.5) is 0 Å². The quantitative estimate of drug-likeness (QED) is 0.701. The van der Waals surface area contributed by atoms with Crippen molar-refractivity contribution in [1.82, 2.24) is 10.2 Å². The van der Waals surface area contributed by atoms with Crippen LogP contribution < -0.4 is 5.32 Å². The standard InChI is InChI=1S/C17H32N2O2/c1-17(2)15(14-7-11-21-16(14)17)18-8-3-4-9-19-10-5-6-13(19)12-20/h13-16,18,20H,3-12H2,1-2H3. The Morgan fingerprint density at radius 3 is 2.95 bits per heavy atom. The maximum Gasteiger partial charge on any atom is 0.0685 e. The zero-order chi connectivity index (χ0) is 14.9. The predicted octanol–water partition coefficient (Wildman–Crippen LogP) is 1.63. The molecule has 1 aliphatic carbocycles. The SMILES string of the molecule is CC1(C)C(NCCCCN2CCCC2CO)C2CCOC21. The number of ether oxygens (including phenoxy) is 1. The van der Waals surface area contributed by atoms with Gasteiger partial charge >= 0.3 is 0 Å². The van der Waals surface area contributed by atoms with Crippen molar-refractivity contribution < 1.29 is 9.84 Å². The van der Waals surface area contributed by atoms with Crippen molar-refractivity contribution in [3.8, 4) is 0 Å². The van der Waals surface area contributed by atoms with Crippen molar-refractivity contribution in [2.24, 2.45) is 11.3 Å². The van der Waals surface area contributed by atoms with Gasteiger partial charge in [0.2, 0.25) is 0 Å². The summed E-state index contributed by atoms with van der Waals surface area (Å²) < 4.78 is 5.85. The molecule has 4 unspecified atom stereocenters. The van der Waals surface area contributed by atoms with Crippen LogP contribution >= 0.6 is 0 Å². The molecule has 0 bridgehead atoms. The van der Waals surface area contributed by atoms with E-state index in [1.54, 1.807) is 0 Å². The summed E-state index contributed by atoms with van der Waals surface area (Å²) in [6.45, 7) is 9.41. The fourth-order valence-corrected chi connectivity index (χ4v) is 4.83. The second-order valence-electron chi connectivity index (χ2n) is 7.72. The number of nitrogens with zero attached hydrogens (tertiary/aromatic N) is 1. The Morgan fingerprint density at radius 2 is 2.14 bits per heavy atom. The largest absolute Gasteiger partial charge is 0.395 e. The minimum Gasteiger partial charge on any atom is -0.395 e. The number of hydrogen-bond acceptors (Lipinski definition) is 4. The number of aliphatic hydroxyl groups excluding tert-OH is 1. The molecule has 4 nitrogen and oxygen atoms in total. The van der Waals surface area contributed by atoms with Crippen molar-refractivity contribution in [3.05, 3.63) is 0 Å². The molecule has 0 radical (unpaired) electrons. The van der Waals surface area contributed by atoms with E-state index in [-0.39, 0.29) is 0 Å². The Labute approximate surface area is 129 Å². The van der Waals surface area contributed by atoms with Crippen LogP contribution in [0.3, 0.4) is 0 Å². The second-order valence-corrected chi connectivity index (χ2v) is 7.72. The highest BCUT2D eigenvalue weighted by molar-refractivity contribution is 5.11. The topological polar surface area (TPSA) is 44.7 Å². The smallest absolute Gasteiger partial charge is 0.0685 e. The lowest BCUT2D eigenvalue weighted by Crippen LogP contribution is -2.65. The van der Waals surface area contributed by atoms with Gasteiger partial charge in [0.1, 0.15) is 0 Å². The number of rotatable bonds is 7. The summed E-state index contributed by atoms with van der Waals surface area (Å²) in [5.41, 5.74) is 0.304. The molecule has 122 valence electrons. The molecule has 3 rings (SSSR count). The lowest BCUT2D eigenvalue weighted by Gasteiger charge is -2.55. The van der Waals surface area contributed by atoms with Crippen molar-refractivity contribution in [3.63, 3.8) is 0 Å². The van der Waals surface area contributed by atoms with Crippen LogP contribution in [0.2, 0.25) is 0 Å². The summed E-state index contributed by atoms with van der Waals surface area (Å²) in [6, 6.07) is 1.07. The van der Waals surface area contributed by atoms with Crippen LogP contribution in [0.15, 0.2) is 0 Å². The van der Waals surface area contributed by atoms with Crippen molar-refractivity contribution in [1.29, 1.82) is 0 Å². The Kier molecular flexibility index (Phi) is 4.89. The number of likely N-dealkylation sites (tertiary alicyclic amines) is 1. The van der Waals surface area contributed by atoms with Crippen molar-refractivity contribution in [2.75, 3.05) is 32.8 Å². The van der Waals surface area contributed by atoms with E-state index in [0.29, 0.717) is 30.2 Å². The third kappa shape index (κ3) is 3.00.